The number of nitrogens with one attached hydrogen (secondary N) is 2. The number of benzene rings is 2. The average molecular weight is 690 g/mol. The highest BCUT2D eigenvalue weighted by Gasteiger charge is 2.46. The van der Waals surface area contributed by atoms with Crippen LogP contribution in [0.25, 0.3) is 0 Å². The van der Waals surface area contributed by atoms with Crippen LogP contribution in [0.2, 0.25) is 0 Å². The van der Waals surface area contributed by atoms with Gasteiger partial charge in [-0.1, -0.05) is 30.0 Å². The Morgan fingerprint density at radius 2 is 1.85 bits per heavy atom. The van der Waals surface area contributed by atoms with Gasteiger partial charge >= 0.3 is 19.4 Å². The summed E-state index contributed by atoms with van der Waals surface area (Å²) in [5, 5.41) is 27.6. The first kappa shape index (κ1) is 34.9. The Morgan fingerprint density at radius 1 is 1.13 bits per heavy atom. The number of aliphatic hydroxyl groups excluding tert-OH is 2. The lowest BCUT2D eigenvalue weighted by atomic mass is 10.1. The molecule has 1 fully saturated rings. The molecule has 6 atom stereocenters. The molecular formula is C31H40N5O9PS. The van der Waals surface area contributed by atoms with Crippen molar-refractivity contribution in [2.24, 2.45) is 0 Å². The minimum Gasteiger partial charge on any atom is -0.462 e. The van der Waals surface area contributed by atoms with E-state index in [1.165, 1.54) is 24.9 Å². The molecule has 3 aromatic rings. The third-order valence-electron chi connectivity index (χ3n) is 7.53. The van der Waals surface area contributed by atoms with Crippen molar-refractivity contribution in [2.75, 3.05) is 29.9 Å². The zero-order valence-electron chi connectivity index (χ0n) is 26.7. The highest BCUT2D eigenvalue weighted by Crippen LogP contribution is 2.47. The fraction of sp³-hybridized carbons (Fsp3) is 0.452. The number of ether oxygens (including phenoxy) is 2. The molecule has 4 N–H and O–H groups in total. The predicted molar refractivity (Wildman–Crippen MR) is 176 cm³/mol. The topological polar surface area (TPSA) is 174 Å². The Labute approximate surface area is 277 Å². The first-order chi connectivity index (χ1) is 22.4. The molecule has 5 rings (SSSR count). The van der Waals surface area contributed by atoms with Crippen molar-refractivity contribution in [1.82, 2.24) is 14.6 Å². The molecule has 2 aliphatic heterocycles. The Kier molecular flexibility index (Phi) is 11.0. The highest BCUT2D eigenvalue weighted by molar-refractivity contribution is 7.99. The summed E-state index contributed by atoms with van der Waals surface area (Å²) in [6.45, 7) is 10.2. The van der Waals surface area contributed by atoms with E-state index in [-0.39, 0.29) is 5.75 Å². The van der Waals surface area contributed by atoms with Gasteiger partial charge in [0.25, 0.3) is 0 Å². The molecule has 0 radical (unpaired) electrons. The van der Waals surface area contributed by atoms with Gasteiger partial charge in [-0.3, -0.25) is 13.9 Å². The lowest BCUT2D eigenvalue weighted by Crippen LogP contribution is -2.38. The lowest BCUT2D eigenvalue weighted by molar-refractivity contribution is -0.149. The summed E-state index contributed by atoms with van der Waals surface area (Å²) in [6, 6.07) is 13.1. The Bertz CT molecular complexity index is 1670. The van der Waals surface area contributed by atoms with Gasteiger partial charge in [-0.2, -0.15) is 10.1 Å². The molecule has 0 aliphatic carbocycles. The van der Waals surface area contributed by atoms with Crippen molar-refractivity contribution in [3.8, 4) is 5.75 Å². The second-order valence-corrected chi connectivity index (χ2v) is 14.1. The number of hydrogen-bond acceptors (Lipinski definition) is 13. The van der Waals surface area contributed by atoms with Crippen LogP contribution in [-0.4, -0.2) is 75.9 Å². The SMILES string of the molecule is CCN(CC)c1ccc2c(c1)Nc1nc(=O)n([C@@H]3O[C@H](COP(=O)(N[C@@H](C)C(=O)OC(C)C)Oc4ccccc4)[C@H](O)[C@@H]3O)cc1S2. The van der Waals surface area contributed by atoms with E-state index in [9.17, 15) is 24.4 Å². The number of anilines is 3. The van der Waals surface area contributed by atoms with E-state index in [1.54, 1.807) is 44.2 Å². The van der Waals surface area contributed by atoms with Crippen molar-refractivity contribution < 1.29 is 38.1 Å². The zero-order valence-corrected chi connectivity index (χ0v) is 28.4. The number of fused-ring (bicyclic) bond motifs is 2. The van der Waals surface area contributed by atoms with Crippen molar-refractivity contribution in [3.05, 3.63) is 65.2 Å². The smallest absolute Gasteiger partial charge is 0.459 e. The number of aromatic nitrogens is 2. The van der Waals surface area contributed by atoms with E-state index in [4.69, 9.17) is 18.5 Å². The summed E-state index contributed by atoms with van der Waals surface area (Å²) >= 11 is 1.40. The number of hydrogen-bond donors (Lipinski definition) is 4. The second-order valence-electron chi connectivity index (χ2n) is 11.3. The van der Waals surface area contributed by atoms with Gasteiger partial charge in [0.1, 0.15) is 30.1 Å². The maximum atomic E-state index is 13.8. The number of nitrogens with zero attached hydrogens (tertiary/aromatic N) is 3. The molecule has 47 heavy (non-hydrogen) atoms. The van der Waals surface area contributed by atoms with Gasteiger partial charge in [0.2, 0.25) is 0 Å². The molecule has 14 nitrogen and oxygen atoms in total. The molecule has 1 aromatic heterocycles. The van der Waals surface area contributed by atoms with Gasteiger partial charge in [-0.15, -0.1) is 0 Å². The summed E-state index contributed by atoms with van der Waals surface area (Å²) in [6.07, 6.45) is -4.51. The lowest BCUT2D eigenvalue weighted by Gasteiger charge is -2.26. The largest absolute Gasteiger partial charge is 0.462 e. The monoisotopic (exact) mass is 689 g/mol. The normalized spacial score (nSPS) is 22.0. The molecule has 0 bridgehead atoms. The van der Waals surface area contributed by atoms with Gasteiger partial charge in [-0.25, -0.2) is 9.36 Å². The standard InChI is InChI=1S/C31H40N5O9PS/c1-6-35(7-2)20-13-14-24-22(15-20)32-28-25(47-24)16-36(31(40)33-28)29-27(38)26(37)23(44-29)17-42-46(41,45-21-11-9-8-10-12-21)34-19(5)30(39)43-18(3)4/h8-16,18-19,23,26-27,29,37-38H,6-7,17H2,1-5H3,(H,34,41)(H,32,33,40)/t19-,23+,26-,27-,29+,46?/m0/s1. The first-order valence-electron chi connectivity index (χ1n) is 15.4. The van der Waals surface area contributed by atoms with Crippen LogP contribution in [0.1, 0.15) is 40.8 Å². The number of para-hydroxylation sites is 1. The number of aliphatic hydroxyl groups is 2. The van der Waals surface area contributed by atoms with Gasteiger partial charge in [0.05, 0.1) is 23.3 Å². The molecule has 0 spiro atoms. The molecule has 2 aliphatic rings. The third kappa shape index (κ3) is 8.00. The molecule has 254 valence electrons. The van der Waals surface area contributed by atoms with Gasteiger partial charge in [0, 0.05) is 29.9 Å². The maximum absolute atomic E-state index is 13.8. The fourth-order valence-corrected chi connectivity index (χ4v) is 7.59. The molecular weight excluding hydrogens is 649 g/mol. The summed E-state index contributed by atoms with van der Waals surface area (Å²) < 4.78 is 37.3. The van der Waals surface area contributed by atoms with Crippen LogP contribution >= 0.6 is 19.5 Å². The minimum absolute atomic E-state index is 0.196. The number of esters is 1. The number of rotatable bonds is 13. The molecule has 0 amide bonds. The van der Waals surface area contributed by atoms with Crippen LogP contribution in [0.4, 0.5) is 17.2 Å². The highest BCUT2D eigenvalue weighted by atomic mass is 32.2. The van der Waals surface area contributed by atoms with E-state index in [2.05, 4.69) is 34.1 Å². The van der Waals surface area contributed by atoms with Crippen molar-refractivity contribution in [3.63, 3.8) is 0 Å². The van der Waals surface area contributed by atoms with E-state index in [0.29, 0.717) is 10.7 Å². The van der Waals surface area contributed by atoms with E-state index in [0.717, 1.165) is 33.9 Å². The third-order valence-corrected chi connectivity index (χ3v) is 10.3. The van der Waals surface area contributed by atoms with Crippen LogP contribution in [0, 0.1) is 0 Å². The first-order valence-corrected chi connectivity index (χ1v) is 17.7. The van der Waals surface area contributed by atoms with E-state index >= 15 is 0 Å². The van der Waals surface area contributed by atoms with Crippen LogP contribution in [-0.2, 0) is 23.4 Å². The fourth-order valence-electron chi connectivity index (χ4n) is 5.14. The van der Waals surface area contributed by atoms with Crippen LogP contribution in [0.15, 0.2) is 69.3 Å². The van der Waals surface area contributed by atoms with Gasteiger partial charge < -0.3 is 34.4 Å². The molecule has 16 heteroatoms. The van der Waals surface area contributed by atoms with Crippen LogP contribution in [0.3, 0.4) is 0 Å². The molecule has 1 saturated heterocycles. The van der Waals surface area contributed by atoms with Crippen LogP contribution in [0.5, 0.6) is 5.75 Å². The molecule has 0 saturated carbocycles. The molecule has 2 aromatic carbocycles. The quantitative estimate of drug-likeness (QED) is 0.117. The van der Waals surface area contributed by atoms with Gasteiger partial charge in [-0.05, 0) is 65.0 Å². The summed E-state index contributed by atoms with van der Waals surface area (Å²) in [5.74, 6) is -0.113. The van der Waals surface area contributed by atoms with Crippen molar-refractivity contribution >= 4 is 42.7 Å². The average Bonchev–Trinajstić information content (AvgIpc) is 3.32. The summed E-state index contributed by atoms with van der Waals surface area (Å²) in [7, 11) is -4.27. The van der Waals surface area contributed by atoms with Crippen molar-refractivity contribution in [2.45, 2.75) is 81.1 Å². The molecule has 1 unspecified atom stereocenters. The zero-order chi connectivity index (χ0) is 33.9. The summed E-state index contributed by atoms with van der Waals surface area (Å²) in [5.41, 5.74) is 1.15. The van der Waals surface area contributed by atoms with Crippen molar-refractivity contribution in [1.29, 1.82) is 0 Å². The Hall–Kier alpha value is -3.43. The molecule has 3 heterocycles. The maximum Gasteiger partial charge on any atom is 0.459 e. The van der Waals surface area contributed by atoms with E-state index in [1.807, 2.05) is 18.2 Å². The second kappa shape index (κ2) is 14.8. The number of carbonyl (C=O) groups excluding carboxylic acids is 1. The Morgan fingerprint density at radius 3 is 2.53 bits per heavy atom. The van der Waals surface area contributed by atoms with Crippen LogP contribution < -0.4 is 25.5 Å². The number of carbonyl (C=O) groups is 1. The Balaban J connectivity index is 1.31. The van der Waals surface area contributed by atoms with Gasteiger partial charge in [0.15, 0.2) is 12.0 Å². The predicted octanol–water partition coefficient (Wildman–Crippen LogP) is 4.05. The van der Waals surface area contributed by atoms with E-state index < -0.39 is 62.7 Å². The summed E-state index contributed by atoms with van der Waals surface area (Å²) in [4.78, 5) is 33.6. The minimum atomic E-state index is -4.27.